The van der Waals surface area contributed by atoms with Gasteiger partial charge < -0.3 is 9.84 Å². The smallest absolute Gasteiger partial charge is 0.275 e. The SMILES string of the molecule is O=C(NN=Cc1cc(Br)c(OCc2ccc(F)cc2)c(Br)c1)c1cc2ccccc2cc1O. The van der Waals surface area contributed by atoms with Crippen LogP contribution in [0.15, 0.2) is 86.8 Å². The van der Waals surface area contributed by atoms with E-state index in [0.29, 0.717) is 20.3 Å². The van der Waals surface area contributed by atoms with Gasteiger partial charge in [0.25, 0.3) is 5.91 Å². The first kappa shape index (κ1) is 22.9. The number of halogens is 3. The largest absolute Gasteiger partial charge is 0.507 e. The van der Waals surface area contributed by atoms with E-state index >= 15 is 0 Å². The van der Waals surface area contributed by atoms with Crippen LogP contribution in [-0.2, 0) is 6.61 Å². The Bertz CT molecular complexity index is 1330. The third kappa shape index (κ3) is 5.58. The maximum absolute atomic E-state index is 13.0. The van der Waals surface area contributed by atoms with Gasteiger partial charge in [0.2, 0.25) is 0 Å². The van der Waals surface area contributed by atoms with Gasteiger partial charge in [-0.2, -0.15) is 5.10 Å². The average molecular weight is 572 g/mol. The van der Waals surface area contributed by atoms with Gasteiger partial charge in [-0.15, -0.1) is 0 Å². The van der Waals surface area contributed by atoms with Gasteiger partial charge in [-0.1, -0.05) is 36.4 Å². The molecule has 0 fully saturated rings. The van der Waals surface area contributed by atoms with Crippen molar-refractivity contribution in [3.63, 3.8) is 0 Å². The van der Waals surface area contributed by atoms with Crippen molar-refractivity contribution in [2.45, 2.75) is 6.61 Å². The van der Waals surface area contributed by atoms with E-state index in [1.165, 1.54) is 18.3 Å². The lowest BCUT2D eigenvalue weighted by atomic mass is 10.1. The topological polar surface area (TPSA) is 70.9 Å². The molecule has 0 radical (unpaired) electrons. The van der Waals surface area contributed by atoms with Crippen LogP contribution in [-0.4, -0.2) is 17.2 Å². The minimum absolute atomic E-state index is 0.116. The standard InChI is InChI=1S/C25H17Br2FN2O3/c26-21-9-16(10-22(27)24(21)33-14-15-5-7-19(28)8-6-15)13-29-30-25(32)20-11-17-3-1-2-4-18(17)12-23(20)31/h1-13,31H,14H2,(H,30,32). The molecule has 2 N–H and O–H groups in total. The number of fused-ring (bicyclic) bond motifs is 1. The number of phenolic OH excluding ortho intramolecular Hbond substituents is 1. The zero-order valence-electron chi connectivity index (χ0n) is 17.1. The third-order valence-corrected chi connectivity index (χ3v) is 5.98. The van der Waals surface area contributed by atoms with E-state index in [2.05, 4.69) is 42.4 Å². The first-order valence-corrected chi connectivity index (χ1v) is 11.4. The fourth-order valence-corrected chi connectivity index (χ4v) is 4.61. The molecule has 0 aromatic heterocycles. The maximum Gasteiger partial charge on any atom is 0.275 e. The highest BCUT2D eigenvalue weighted by Crippen LogP contribution is 2.35. The van der Waals surface area contributed by atoms with Gasteiger partial charge in [-0.25, -0.2) is 9.82 Å². The Hall–Kier alpha value is -3.23. The molecule has 0 atom stereocenters. The van der Waals surface area contributed by atoms with Gasteiger partial charge in [-0.3, -0.25) is 4.79 Å². The van der Waals surface area contributed by atoms with E-state index in [1.54, 1.807) is 36.4 Å². The number of nitrogens with one attached hydrogen (secondary N) is 1. The lowest BCUT2D eigenvalue weighted by Gasteiger charge is -2.11. The van der Waals surface area contributed by atoms with Crippen molar-refractivity contribution in [3.05, 3.63) is 104 Å². The number of phenols is 1. The van der Waals surface area contributed by atoms with Crippen LogP contribution in [0.4, 0.5) is 4.39 Å². The van der Waals surface area contributed by atoms with Crippen LogP contribution in [0, 0.1) is 5.82 Å². The predicted molar refractivity (Wildman–Crippen MR) is 133 cm³/mol. The second kappa shape index (κ2) is 10.1. The molecule has 0 aliphatic heterocycles. The summed E-state index contributed by atoms with van der Waals surface area (Å²) in [6.07, 6.45) is 1.48. The molecular weight excluding hydrogens is 555 g/mol. The monoisotopic (exact) mass is 570 g/mol. The van der Waals surface area contributed by atoms with Gasteiger partial charge in [0, 0.05) is 0 Å². The minimum Gasteiger partial charge on any atom is -0.507 e. The van der Waals surface area contributed by atoms with Crippen molar-refractivity contribution >= 4 is 54.8 Å². The van der Waals surface area contributed by atoms with Crippen LogP contribution < -0.4 is 10.2 Å². The van der Waals surface area contributed by atoms with E-state index in [0.717, 1.165) is 16.3 Å². The van der Waals surface area contributed by atoms with Crippen LogP contribution in [0.25, 0.3) is 10.8 Å². The molecule has 0 saturated heterocycles. The molecule has 0 saturated carbocycles. The molecule has 0 bridgehead atoms. The predicted octanol–water partition coefficient (Wildman–Crippen LogP) is 6.55. The molecule has 33 heavy (non-hydrogen) atoms. The van der Waals surface area contributed by atoms with Gasteiger partial charge in [0.1, 0.15) is 23.9 Å². The Morgan fingerprint density at radius 1 is 1.00 bits per heavy atom. The number of hydrazone groups is 1. The third-order valence-electron chi connectivity index (χ3n) is 4.81. The summed E-state index contributed by atoms with van der Waals surface area (Å²) in [6.45, 7) is 0.274. The normalized spacial score (nSPS) is 11.1. The van der Waals surface area contributed by atoms with Gasteiger partial charge >= 0.3 is 0 Å². The molecule has 0 unspecified atom stereocenters. The molecule has 5 nitrogen and oxygen atoms in total. The molecule has 0 spiro atoms. The number of carbonyl (C=O) groups is 1. The summed E-state index contributed by atoms with van der Waals surface area (Å²) in [4.78, 5) is 12.5. The molecule has 4 rings (SSSR count). The number of aromatic hydroxyl groups is 1. The van der Waals surface area contributed by atoms with Crippen LogP contribution in [0.5, 0.6) is 11.5 Å². The highest BCUT2D eigenvalue weighted by atomic mass is 79.9. The van der Waals surface area contributed by atoms with Gasteiger partial charge in [0.05, 0.1) is 20.7 Å². The minimum atomic E-state index is -0.521. The van der Waals surface area contributed by atoms with Gasteiger partial charge in [0.15, 0.2) is 0 Å². The molecular formula is C25H17Br2FN2O3. The lowest BCUT2D eigenvalue weighted by Crippen LogP contribution is -2.17. The molecule has 1 amide bonds. The second-order valence-electron chi connectivity index (χ2n) is 7.14. The molecule has 0 heterocycles. The number of ether oxygens (including phenoxy) is 1. The van der Waals surface area contributed by atoms with E-state index in [-0.39, 0.29) is 23.7 Å². The first-order chi connectivity index (χ1) is 15.9. The number of benzene rings is 4. The second-order valence-corrected chi connectivity index (χ2v) is 8.85. The number of hydrogen-bond acceptors (Lipinski definition) is 4. The van der Waals surface area contributed by atoms with Crippen molar-refractivity contribution in [2.24, 2.45) is 5.10 Å². The Morgan fingerprint density at radius 2 is 1.64 bits per heavy atom. The summed E-state index contributed by atoms with van der Waals surface area (Å²) in [7, 11) is 0. The summed E-state index contributed by atoms with van der Waals surface area (Å²) in [5, 5.41) is 15.9. The average Bonchev–Trinajstić information content (AvgIpc) is 2.79. The van der Waals surface area contributed by atoms with Crippen molar-refractivity contribution in [1.82, 2.24) is 5.43 Å². The Kier molecular flexibility index (Phi) is 7.05. The van der Waals surface area contributed by atoms with Crippen molar-refractivity contribution in [3.8, 4) is 11.5 Å². The molecule has 166 valence electrons. The fourth-order valence-electron chi connectivity index (χ4n) is 3.16. The number of carbonyl (C=O) groups excluding carboxylic acids is 1. The lowest BCUT2D eigenvalue weighted by molar-refractivity contribution is 0.0952. The molecule has 4 aromatic carbocycles. The molecule has 0 aliphatic carbocycles. The Labute approximate surface area is 206 Å². The van der Waals surface area contributed by atoms with Crippen molar-refractivity contribution in [2.75, 3.05) is 0 Å². The number of amides is 1. The van der Waals surface area contributed by atoms with E-state index in [4.69, 9.17) is 4.74 Å². The van der Waals surface area contributed by atoms with E-state index in [1.807, 2.05) is 24.3 Å². The van der Waals surface area contributed by atoms with E-state index < -0.39 is 5.91 Å². The molecule has 0 aliphatic rings. The quantitative estimate of drug-likeness (QED) is 0.203. The van der Waals surface area contributed by atoms with Crippen LogP contribution >= 0.6 is 31.9 Å². The van der Waals surface area contributed by atoms with Crippen LogP contribution in [0.1, 0.15) is 21.5 Å². The van der Waals surface area contributed by atoms with E-state index in [9.17, 15) is 14.3 Å². The summed E-state index contributed by atoms with van der Waals surface area (Å²) >= 11 is 6.95. The van der Waals surface area contributed by atoms with Gasteiger partial charge in [-0.05, 0) is 90.2 Å². The fraction of sp³-hybridized carbons (Fsp3) is 0.0400. The van der Waals surface area contributed by atoms with Crippen LogP contribution in [0.3, 0.4) is 0 Å². The summed E-state index contributed by atoms with van der Waals surface area (Å²) in [6, 6.07) is 20.3. The molecule has 8 heteroatoms. The number of nitrogens with zero attached hydrogens (tertiary/aromatic N) is 1. The summed E-state index contributed by atoms with van der Waals surface area (Å²) in [5.41, 5.74) is 4.11. The van der Waals surface area contributed by atoms with Crippen molar-refractivity contribution < 1.29 is 19.0 Å². The number of hydrogen-bond donors (Lipinski definition) is 2. The maximum atomic E-state index is 13.0. The highest BCUT2D eigenvalue weighted by molar-refractivity contribution is 9.11. The zero-order valence-corrected chi connectivity index (χ0v) is 20.2. The van der Waals surface area contributed by atoms with Crippen LogP contribution in [0.2, 0.25) is 0 Å². The van der Waals surface area contributed by atoms with Crippen molar-refractivity contribution in [1.29, 1.82) is 0 Å². The summed E-state index contributed by atoms with van der Waals surface area (Å²) in [5.74, 6) is -0.351. The Balaban J connectivity index is 1.43. The highest BCUT2D eigenvalue weighted by Gasteiger charge is 2.12. The first-order valence-electron chi connectivity index (χ1n) is 9.82. The summed E-state index contributed by atoms with van der Waals surface area (Å²) < 4.78 is 20.2. The Morgan fingerprint density at radius 3 is 2.30 bits per heavy atom. The zero-order chi connectivity index (χ0) is 23.4. The number of rotatable bonds is 6. The molecule has 4 aromatic rings.